The maximum absolute atomic E-state index is 12.7. The van der Waals surface area contributed by atoms with Gasteiger partial charge in [-0.1, -0.05) is 11.6 Å². The normalized spacial score (nSPS) is 19.5. The predicted octanol–water partition coefficient (Wildman–Crippen LogP) is 3.26. The molecule has 2 aliphatic rings. The molecule has 0 unspecified atom stereocenters. The van der Waals surface area contributed by atoms with Crippen molar-refractivity contribution in [2.45, 2.75) is 37.9 Å². The van der Waals surface area contributed by atoms with Crippen molar-refractivity contribution >= 4 is 35.7 Å². The standard InChI is InChI=1S/C17H22ClF3N4O.ClH/c18-14-9-12(17(19,20)21)10-23-15(14)25-7-3-11(4-8-25)16(26)24-13-1-5-22-6-2-13;/h9-11,13,22H,1-8H2,(H,24,26);1H. The van der Waals surface area contributed by atoms with Gasteiger partial charge in [-0.3, -0.25) is 4.79 Å². The molecule has 0 spiro atoms. The lowest BCUT2D eigenvalue weighted by atomic mass is 9.94. The largest absolute Gasteiger partial charge is 0.417 e. The van der Waals surface area contributed by atoms with Crippen LogP contribution in [0.25, 0.3) is 0 Å². The number of piperidine rings is 2. The molecule has 1 amide bonds. The van der Waals surface area contributed by atoms with Crippen molar-refractivity contribution < 1.29 is 18.0 Å². The van der Waals surface area contributed by atoms with Crippen LogP contribution in [-0.2, 0) is 11.0 Å². The van der Waals surface area contributed by atoms with Gasteiger partial charge in [0.1, 0.15) is 5.82 Å². The number of aromatic nitrogens is 1. The summed E-state index contributed by atoms with van der Waals surface area (Å²) in [6.45, 7) is 2.92. The third kappa shape index (κ3) is 5.62. The maximum atomic E-state index is 12.7. The summed E-state index contributed by atoms with van der Waals surface area (Å²) < 4.78 is 38.1. The van der Waals surface area contributed by atoms with Crippen LogP contribution in [0.3, 0.4) is 0 Å². The number of hydrogen-bond acceptors (Lipinski definition) is 4. The number of anilines is 1. The van der Waals surface area contributed by atoms with Gasteiger partial charge in [0.2, 0.25) is 5.91 Å². The first-order chi connectivity index (χ1) is 12.3. The second-order valence-corrected chi connectivity index (χ2v) is 7.23. The maximum Gasteiger partial charge on any atom is 0.417 e. The van der Waals surface area contributed by atoms with Crippen molar-refractivity contribution in [2.75, 3.05) is 31.1 Å². The molecule has 3 rings (SSSR count). The molecule has 2 saturated heterocycles. The minimum absolute atomic E-state index is 0. The fraction of sp³-hybridized carbons (Fsp3) is 0.647. The highest BCUT2D eigenvalue weighted by molar-refractivity contribution is 6.33. The van der Waals surface area contributed by atoms with Crippen LogP contribution < -0.4 is 15.5 Å². The van der Waals surface area contributed by atoms with Gasteiger partial charge in [0.05, 0.1) is 10.6 Å². The van der Waals surface area contributed by atoms with Crippen LogP contribution in [0.5, 0.6) is 0 Å². The summed E-state index contributed by atoms with van der Waals surface area (Å²) >= 11 is 6.01. The number of carbonyl (C=O) groups is 1. The van der Waals surface area contributed by atoms with Crippen molar-refractivity contribution in [1.29, 1.82) is 0 Å². The molecule has 0 atom stereocenters. The smallest absolute Gasteiger partial charge is 0.355 e. The summed E-state index contributed by atoms with van der Waals surface area (Å²) in [5.41, 5.74) is -0.859. The summed E-state index contributed by atoms with van der Waals surface area (Å²) in [4.78, 5) is 18.2. The van der Waals surface area contributed by atoms with E-state index in [1.54, 1.807) is 0 Å². The number of alkyl halides is 3. The van der Waals surface area contributed by atoms with E-state index in [4.69, 9.17) is 11.6 Å². The summed E-state index contributed by atoms with van der Waals surface area (Å²) in [7, 11) is 0. The van der Waals surface area contributed by atoms with Gasteiger partial charge in [-0.05, 0) is 44.8 Å². The van der Waals surface area contributed by atoms with Gasteiger partial charge < -0.3 is 15.5 Å². The predicted molar refractivity (Wildman–Crippen MR) is 100 cm³/mol. The molecule has 2 N–H and O–H groups in total. The minimum atomic E-state index is -4.46. The Hall–Kier alpha value is -1.25. The van der Waals surface area contributed by atoms with Crippen LogP contribution in [0.1, 0.15) is 31.2 Å². The Morgan fingerprint density at radius 1 is 1.22 bits per heavy atom. The van der Waals surface area contributed by atoms with Gasteiger partial charge >= 0.3 is 6.18 Å². The fourth-order valence-electron chi connectivity index (χ4n) is 3.46. The zero-order chi connectivity index (χ0) is 18.7. The first kappa shape index (κ1) is 22.0. The van der Waals surface area contributed by atoms with E-state index >= 15 is 0 Å². The van der Waals surface area contributed by atoms with E-state index in [1.807, 2.05) is 4.90 Å². The highest BCUT2D eigenvalue weighted by atomic mass is 35.5. The minimum Gasteiger partial charge on any atom is -0.355 e. The number of pyridine rings is 1. The second-order valence-electron chi connectivity index (χ2n) is 6.82. The van der Waals surface area contributed by atoms with Gasteiger partial charge in [0.25, 0.3) is 0 Å². The Morgan fingerprint density at radius 3 is 2.41 bits per heavy atom. The molecule has 2 fully saturated rings. The topological polar surface area (TPSA) is 57.3 Å². The molecule has 1 aromatic heterocycles. The summed E-state index contributed by atoms with van der Waals surface area (Å²) in [5.74, 6) is 0.342. The van der Waals surface area contributed by atoms with Crippen LogP contribution >= 0.6 is 24.0 Å². The third-order valence-electron chi connectivity index (χ3n) is 5.00. The van der Waals surface area contributed by atoms with E-state index in [9.17, 15) is 18.0 Å². The first-order valence-corrected chi connectivity index (χ1v) is 9.21. The highest BCUT2D eigenvalue weighted by Crippen LogP contribution is 2.34. The van der Waals surface area contributed by atoms with Crippen LogP contribution in [0.15, 0.2) is 12.3 Å². The number of nitrogens with zero attached hydrogens (tertiary/aromatic N) is 2. The molecule has 3 heterocycles. The number of nitrogens with one attached hydrogen (secondary N) is 2. The molecule has 0 aromatic carbocycles. The lowest BCUT2D eigenvalue weighted by Gasteiger charge is -2.34. The number of halogens is 5. The molecule has 0 bridgehead atoms. The average Bonchev–Trinajstić information content (AvgIpc) is 2.62. The number of amides is 1. The molecule has 0 aliphatic carbocycles. The van der Waals surface area contributed by atoms with Crippen LogP contribution in [-0.4, -0.2) is 43.1 Å². The zero-order valence-electron chi connectivity index (χ0n) is 14.7. The molecule has 1 aromatic rings. The first-order valence-electron chi connectivity index (χ1n) is 8.83. The molecule has 10 heteroatoms. The molecular formula is C17H23Cl2F3N4O. The summed E-state index contributed by atoms with van der Waals surface area (Å²) in [5, 5.41) is 6.36. The molecule has 5 nitrogen and oxygen atoms in total. The van der Waals surface area contributed by atoms with Gasteiger partial charge in [-0.2, -0.15) is 13.2 Å². The van der Waals surface area contributed by atoms with Gasteiger partial charge in [0.15, 0.2) is 0 Å². The molecule has 0 radical (unpaired) electrons. The van der Waals surface area contributed by atoms with Gasteiger partial charge in [-0.25, -0.2) is 4.98 Å². The van der Waals surface area contributed by atoms with E-state index in [0.717, 1.165) is 38.2 Å². The Kier molecular flexibility index (Phi) is 7.59. The van der Waals surface area contributed by atoms with Crippen molar-refractivity contribution in [2.24, 2.45) is 5.92 Å². The highest BCUT2D eigenvalue weighted by Gasteiger charge is 2.33. The zero-order valence-corrected chi connectivity index (χ0v) is 16.3. The Morgan fingerprint density at radius 2 is 1.85 bits per heavy atom. The van der Waals surface area contributed by atoms with Gasteiger partial charge in [0, 0.05) is 31.2 Å². The number of carbonyl (C=O) groups excluding carboxylic acids is 1. The third-order valence-corrected chi connectivity index (χ3v) is 5.28. The number of hydrogen-bond donors (Lipinski definition) is 2. The van der Waals surface area contributed by atoms with Gasteiger partial charge in [-0.15, -0.1) is 12.4 Å². The molecule has 152 valence electrons. The summed E-state index contributed by atoms with van der Waals surface area (Å²) in [6, 6.07) is 1.13. The van der Waals surface area contributed by atoms with Crippen LogP contribution in [0, 0.1) is 5.92 Å². The molecular weight excluding hydrogens is 404 g/mol. The SMILES string of the molecule is Cl.O=C(NC1CCNCC1)C1CCN(c2ncc(C(F)(F)F)cc2Cl)CC1. The van der Waals surface area contributed by atoms with E-state index in [-0.39, 0.29) is 35.3 Å². The lowest BCUT2D eigenvalue weighted by molar-refractivity contribution is -0.137. The van der Waals surface area contributed by atoms with Crippen LogP contribution in [0.2, 0.25) is 5.02 Å². The fourth-order valence-corrected chi connectivity index (χ4v) is 3.74. The Bertz CT molecular complexity index is 646. The van der Waals surface area contributed by atoms with E-state index in [0.29, 0.717) is 31.7 Å². The molecule has 0 saturated carbocycles. The lowest BCUT2D eigenvalue weighted by Crippen LogP contribution is -2.47. The molecule has 27 heavy (non-hydrogen) atoms. The van der Waals surface area contributed by atoms with E-state index < -0.39 is 11.7 Å². The Labute approximate surface area is 167 Å². The molecule has 2 aliphatic heterocycles. The van der Waals surface area contributed by atoms with Crippen molar-refractivity contribution in [3.05, 3.63) is 22.8 Å². The van der Waals surface area contributed by atoms with Crippen molar-refractivity contribution in [1.82, 2.24) is 15.6 Å². The monoisotopic (exact) mass is 426 g/mol. The van der Waals surface area contributed by atoms with Crippen molar-refractivity contribution in [3.8, 4) is 0 Å². The summed E-state index contributed by atoms with van der Waals surface area (Å²) in [6.07, 6.45) is -0.511. The van der Waals surface area contributed by atoms with E-state index in [1.165, 1.54) is 0 Å². The van der Waals surface area contributed by atoms with Crippen LogP contribution in [0.4, 0.5) is 19.0 Å². The van der Waals surface area contributed by atoms with E-state index in [2.05, 4.69) is 15.6 Å². The quantitative estimate of drug-likeness (QED) is 0.778. The second kappa shape index (κ2) is 9.30. The van der Waals surface area contributed by atoms with Crippen molar-refractivity contribution in [3.63, 3.8) is 0 Å². The number of rotatable bonds is 3. The Balaban J connectivity index is 0.00000261. The average molecular weight is 427 g/mol.